The first-order chi connectivity index (χ1) is 19.4. The van der Waals surface area contributed by atoms with Crippen molar-refractivity contribution in [2.45, 2.75) is 52.0 Å². The summed E-state index contributed by atoms with van der Waals surface area (Å²) in [6.07, 6.45) is 6.50. The summed E-state index contributed by atoms with van der Waals surface area (Å²) in [6, 6.07) is 16.4. The summed E-state index contributed by atoms with van der Waals surface area (Å²) in [5, 5.41) is 5.81. The minimum atomic E-state index is -0.566. The Kier molecular flexibility index (Phi) is 8.53. The molecule has 0 bridgehead atoms. The van der Waals surface area contributed by atoms with Gasteiger partial charge in [-0.15, -0.1) is 0 Å². The Bertz CT molecular complexity index is 1340. The molecule has 1 aromatic heterocycles. The maximum absolute atomic E-state index is 13.2. The average Bonchev–Trinajstić information content (AvgIpc) is 3.68. The third kappa shape index (κ3) is 6.38. The van der Waals surface area contributed by atoms with Gasteiger partial charge in [0.2, 0.25) is 0 Å². The number of nitrogens with one attached hydrogen (secondary N) is 2. The lowest BCUT2D eigenvalue weighted by Gasteiger charge is -2.38. The van der Waals surface area contributed by atoms with Gasteiger partial charge >= 0.3 is 0 Å². The second-order valence-electron chi connectivity index (χ2n) is 10.9. The van der Waals surface area contributed by atoms with Crippen LogP contribution in [0.15, 0.2) is 65.3 Å². The fourth-order valence-electron chi connectivity index (χ4n) is 5.79. The summed E-state index contributed by atoms with van der Waals surface area (Å²) < 4.78 is 5.29. The molecule has 1 saturated heterocycles. The molecule has 8 nitrogen and oxygen atoms in total. The van der Waals surface area contributed by atoms with Crippen LogP contribution in [0.1, 0.15) is 65.5 Å². The Morgan fingerprint density at radius 3 is 2.27 bits per heavy atom. The molecule has 8 heteroatoms. The first kappa shape index (κ1) is 27.5. The minimum Gasteiger partial charge on any atom is -0.459 e. The molecule has 1 aliphatic carbocycles. The van der Waals surface area contributed by atoms with E-state index in [1.165, 1.54) is 30.4 Å². The first-order valence-electron chi connectivity index (χ1n) is 14.3. The number of hydrogen-bond donors (Lipinski definition) is 2. The van der Waals surface area contributed by atoms with Crippen LogP contribution < -0.4 is 20.4 Å². The molecule has 3 aromatic rings. The van der Waals surface area contributed by atoms with Crippen molar-refractivity contribution in [1.82, 2.24) is 5.32 Å². The standard InChI is InChI=1S/C32H38N4O4/c1-22-8-3-6-11-27(22)35-15-17-36(18-16-35)28-14-13-25(21-26(28)34-32(39)30-12-7-19-40-30)31(38)33-23(2)29(37)20-24-9-4-5-10-24/h3,6-8,11-14,19,21,23-24H,4-5,9-10,15-18,20H2,1-2H3,(H,33,38)(H,34,39)/t23-/m0/s1. The third-order valence-corrected chi connectivity index (χ3v) is 8.12. The Morgan fingerprint density at radius 2 is 1.60 bits per heavy atom. The van der Waals surface area contributed by atoms with E-state index in [4.69, 9.17) is 4.42 Å². The molecule has 0 radical (unpaired) electrons. The van der Waals surface area contributed by atoms with E-state index < -0.39 is 6.04 Å². The Morgan fingerprint density at radius 1 is 0.900 bits per heavy atom. The highest BCUT2D eigenvalue weighted by Gasteiger charge is 2.25. The largest absolute Gasteiger partial charge is 0.459 e. The lowest BCUT2D eigenvalue weighted by Crippen LogP contribution is -2.47. The van der Waals surface area contributed by atoms with Gasteiger partial charge in [0.05, 0.1) is 23.7 Å². The normalized spacial score (nSPS) is 16.6. The van der Waals surface area contributed by atoms with E-state index in [2.05, 4.69) is 45.6 Å². The average molecular weight is 543 g/mol. The molecular weight excluding hydrogens is 504 g/mol. The van der Waals surface area contributed by atoms with E-state index in [9.17, 15) is 14.4 Å². The van der Waals surface area contributed by atoms with Crippen LogP contribution >= 0.6 is 0 Å². The highest BCUT2D eigenvalue weighted by Crippen LogP contribution is 2.31. The molecule has 2 aliphatic rings. The van der Waals surface area contributed by atoms with Crippen LogP contribution in [0.25, 0.3) is 0 Å². The molecule has 2 amide bonds. The number of carbonyl (C=O) groups is 3. The zero-order chi connectivity index (χ0) is 28.1. The molecular formula is C32H38N4O4. The number of carbonyl (C=O) groups excluding carboxylic acids is 3. The van der Waals surface area contributed by atoms with Crippen LogP contribution in [-0.2, 0) is 4.79 Å². The molecule has 0 spiro atoms. The molecule has 1 atom stereocenters. The van der Waals surface area contributed by atoms with Crippen molar-refractivity contribution in [1.29, 1.82) is 0 Å². The van der Waals surface area contributed by atoms with Gasteiger partial charge in [-0.2, -0.15) is 0 Å². The van der Waals surface area contributed by atoms with Crippen LogP contribution in [0.4, 0.5) is 17.1 Å². The van der Waals surface area contributed by atoms with E-state index in [0.29, 0.717) is 23.6 Å². The van der Waals surface area contributed by atoms with E-state index in [-0.39, 0.29) is 23.4 Å². The number of anilines is 3. The predicted octanol–water partition coefficient (Wildman–Crippen LogP) is 5.43. The molecule has 2 heterocycles. The molecule has 40 heavy (non-hydrogen) atoms. The Labute approximate surface area is 235 Å². The Balaban J connectivity index is 1.31. The van der Waals surface area contributed by atoms with Crippen LogP contribution in [0.5, 0.6) is 0 Å². The van der Waals surface area contributed by atoms with E-state index in [1.54, 1.807) is 31.2 Å². The third-order valence-electron chi connectivity index (χ3n) is 8.12. The summed E-state index contributed by atoms with van der Waals surface area (Å²) in [6.45, 7) is 7.05. The molecule has 1 saturated carbocycles. The van der Waals surface area contributed by atoms with Crippen molar-refractivity contribution >= 4 is 34.7 Å². The number of benzene rings is 2. The fourth-order valence-corrected chi connectivity index (χ4v) is 5.79. The van der Waals surface area contributed by atoms with Gasteiger partial charge in [0.1, 0.15) is 0 Å². The number of furan rings is 1. The van der Waals surface area contributed by atoms with Crippen molar-refractivity contribution in [3.05, 3.63) is 77.7 Å². The second kappa shape index (κ2) is 12.4. The number of para-hydroxylation sites is 1. The summed E-state index contributed by atoms with van der Waals surface area (Å²) in [5.74, 6) is -0.0361. The molecule has 210 valence electrons. The van der Waals surface area contributed by atoms with E-state index >= 15 is 0 Å². The zero-order valence-corrected chi connectivity index (χ0v) is 23.3. The van der Waals surface area contributed by atoms with Gasteiger partial charge in [0, 0.05) is 43.9 Å². The highest BCUT2D eigenvalue weighted by molar-refractivity contribution is 6.06. The molecule has 2 aromatic carbocycles. The topological polar surface area (TPSA) is 94.9 Å². The minimum absolute atomic E-state index is 0.0646. The zero-order valence-electron chi connectivity index (χ0n) is 23.3. The van der Waals surface area contributed by atoms with Crippen LogP contribution in [0.2, 0.25) is 0 Å². The van der Waals surface area contributed by atoms with Crippen molar-refractivity contribution in [3.8, 4) is 0 Å². The number of hydrogen-bond acceptors (Lipinski definition) is 6. The lowest BCUT2D eigenvalue weighted by atomic mass is 9.98. The maximum atomic E-state index is 13.2. The number of Topliss-reactive ketones (excluding diaryl/α,β-unsaturated/α-hetero) is 1. The predicted molar refractivity (Wildman–Crippen MR) is 157 cm³/mol. The summed E-state index contributed by atoms with van der Waals surface area (Å²) in [7, 11) is 0. The van der Waals surface area contributed by atoms with Crippen LogP contribution in [-0.4, -0.2) is 49.8 Å². The monoisotopic (exact) mass is 542 g/mol. The van der Waals surface area contributed by atoms with Crippen molar-refractivity contribution < 1.29 is 18.8 Å². The quantitative estimate of drug-likeness (QED) is 0.374. The molecule has 2 N–H and O–H groups in total. The van der Waals surface area contributed by atoms with Crippen molar-refractivity contribution in [3.63, 3.8) is 0 Å². The van der Waals surface area contributed by atoms with E-state index in [0.717, 1.165) is 44.7 Å². The number of piperazine rings is 1. The SMILES string of the molecule is Cc1ccccc1N1CCN(c2ccc(C(=O)N[C@@H](C)C(=O)CC3CCCC3)cc2NC(=O)c2ccco2)CC1. The highest BCUT2D eigenvalue weighted by atomic mass is 16.3. The van der Waals surface area contributed by atoms with Crippen molar-refractivity contribution in [2.24, 2.45) is 5.92 Å². The van der Waals surface area contributed by atoms with Crippen LogP contribution in [0, 0.1) is 12.8 Å². The number of rotatable bonds is 9. The van der Waals surface area contributed by atoms with Gasteiger partial charge in [-0.1, -0.05) is 43.9 Å². The van der Waals surface area contributed by atoms with Gasteiger partial charge < -0.3 is 24.9 Å². The molecule has 2 fully saturated rings. The number of nitrogens with zero attached hydrogens (tertiary/aromatic N) is 2. The van der Waals surface area contributed by atoms with Gasteiger partial charge in [-0.3, -0.25) is 14.4 Å². The Hall–Kier alpha value is -4.07. The summed E-state index contributed by atoms with van der Waals surface area (Å²) in [4.78, 5) is 43.4. The number of ketones is 1. The van der Waals surface area contributed by atoms with Crippen LogP contribution in [0.3, 0.4) is 0 Å². The summed E-state index contributed by atoms with van der Waals surface area (Å²) >= 11 is 0. The van der Waals surface area contributed by atoms with E-state index in [1.807, 2.05) is 12.1 Å². The van der Waals surface area contributed by atoms with Gasteiger partial charge in [0.15, 0.2) is 11.5 Å². The van der Waals surface area contributed by atoms with Crippen molar-refractivity contribution in [2.75, 3.05) is 41.3 Å². The number of aryl methyl sites for hydroxylation is 1. The smallest absolute Gasteiger partial charge is 0.291 e. The lowest BCUT2D eigenvalue weighted by molar-refractivity contribution is -0.121. The first-order valence-corrected chi connectivity index (χ1v) is 14.3. The van der Waals surface area contributed by atoms with Gasteiger partial charge in [-0.25, -0.2) is 0 Å². The fraction of sp³-hybridized carbons (Fsp3) is 0.406. The maximum Gasteiger partial charge on any atom is 0.291 e. The molecule has 5 rings (SSSR count). The number of amides is 2. The molecule has 0 unspecified atom stereocenters. The molecule has 1 aliphatic heterocycles. The summed E-state index contributed by atoms with van der Waals surface area (Å²) in [5.41, 5.74) is 4.23. The van der Waals surface area contributed by atoms with Gasteiger partial charge in [0.25, 0.3) is 11.8 Å². The van der Waals surface area contributed by atoms with Gasteiger partial charge in [-0.05, 0) is 61.7 Å². The second-order valence-corrected chi connectivity index (χ2v) is 10.9.